The minimum Gasteiger partial charge on any atom is -0.411 e. The van der Waals surface area contributed by atoms with Crippen molar-refractivity contribution in [2.75, 3.05) is 5.73 Å². The van der Waals surface area contributed by atoms with Gasteiger partial charge in [0.25, 0.3) is 0 Å². The van der Waals surface area contributed by atoms with Crippen molar-refractivity contribution in [3.8, 4) is 0 Å². The fourth-order valence-corrected chi connectivity index (χ4v) is 1.12. The van der Waals surface area contributed by atoms with Crippen LogP contribution in [-0.2, 0) is 0 Å². The van der Waals surface area contributed by atoms with Crippen molar-refractivity contribution in [1.82, 2.24) is 14.6 Å². The predicted molar refractivity (Wildman–Crippen MR) is 51.4 cm³/mol. The molecule has 0 aromatic carbocycles. The maximum atomic E-state index is 8.55. The lowest BCUT2D eigenvalue weighted by molar-refractivity contribution is 0.318. The van der Waals surface area contributed by atoms with Gasteiger partial charge in [0.1, 0.15) is 5.71 Å². The van der Waals surface area contributed by atoms with Gasteiger partial charge in [0.05, 0.1) is 5.69 Å². The molecule has 0 radical (unpaired) electrons. The van der Waals surface area contributed by atoms with E-state index in [-0.39, 0.29) is 0 Å². The molecule has 0 aliphatic rings. The first kappa shape index (κ1) is 8.49. The molecule has 0 aliphatic heterocycles. The Kier molecular flexibility index (Phi) is 1.81. The minimum atomic E-state index is 0.355. The first-order valence-corrected chi connectivity index (χ1v) is 4.02. The molecule has 2 aromatic rings. The van der Waals surface area contributed by atoms with Crippen molar-refractivity contribution < 1.29 is 5.21 Å². The van der Waals surface area contributed by atoms with E-state index >= 15 is 0 Å². The second kappa shape index (κ2) is 2.99. The Morgan fingerprint density at radius 3 is 3.07 bits per heavy atom. The van der Waals surface area contributed by atoms with Crippen LogP contribution in [-0.4, -0.2) is 25.5 Å². The molecule has 3 N–H and O–H groups in total. The van der Waals surface area contributed by atoms with Gasteiger partial charge in [-0.15, -0.1) is 5.10 Å². The summed E-state index contributed by atoms with van der Waals surface area (Å²) >= 11 is 0. The summed E-state index contributed by atoms with van der Waals surface area (Å²) in [7, 11) is 0. The highest BCUT2D eigenvalue weighted by atomic mass is 16.4. The highest BCUT2D eigenvalue weighted by Crippen LogP contribution is 2.10. The van der Waals surface area contributed by atoms with E-state index in [1.54, 1.807) is 29.8 Å². The van der Waals surface area contributed by atoms with Gasteiger partial charge in [0, 0.05) is 6.20 Å². The van der Waals surface area contributed by atoms with Crippen molar-refractivity contribution >= 4 is 17.0 Å². The number of fused-ring (bicyclic) bond motifs is 1. The van der Waals surface area contributed by atoms with Crippen LogP contribution in [0.25, 0.3) is 5.65 Å². The number of hydrogen-bond acceptors (Lipinski definition) is 5. The molecule has 72 valence electrons. The summed E-state index contributed by atoms with van der Waals surface area (Å²) in [6.45, 7) is 1.62. The molecule has 14 heavy (non-hydrogen) atoms. The number of rotatable bonds is 1. The smallest absolute Gasteiger partial charge is 0.199 e. The standard InChI is InChI=1S/C8H9N5O/c1-5(12-14)7-10-8-6(9)3-2-4-13(8)11-7/h2-4,14H,9H2,1H3/b12-5-. The lowest BCUT2D eigenvalue weighted by Crippen LogP contribution is -1.97. The van der Waals surface area contributed by atoms with Crippen LogP contribution >= 0.6 is 0 Å². The van der Waals surface area contributed by atoms with E-state index in [1.165, 1.54) is 0 Å². The Morgan fingerprint density at radius 2 is 2.43 bits per heavy atom. The van der Waals surface area contributed by atoms with E-state index in [4.69, 9.17) is 10.9 Å². The summed E-state index contributed by atoms with van der Waals surface area (Å²) in [4.78, 5) is 4.12. The molecule has 0 atom stereocenters. The van der Waals surface area contributed by atoms with Gasteiger partial charge in [-0.05, 0) is 19.1 Å². The van der Waals surface area contributed by atoms with Crippen LogP contribution in [0.3, 0.4) is 0 Å². The van der Waals surface area contributed by atoms with Crippen LogP contribution < -0.4 is 5.73 Å². The summed E-state index contributed by atoms with van der Waals surface area (Å²) < 4.78 is 1.54. The molecule has 6 heteroatoms. The Morgan fingerprint density at radius 1 is 1.64 bits per heavy atom. The molecular formula is C8H9N5O. The molecule has 6 nitrogen and oxygen atoms in total. The largest absolute Gasteiger partial charge is 0.411 e. The summed E-state index contributed by atoms with van der Waals surface area (Å²) in [5.41, 5.74) is 7.14. The van der Waals surface area contributed by atoms with Crippen molar-refractivity contribution in [1.29, 1.82) is 0 Å². The summed E-state index contributed by atoms with van der Waals surface area (Å²) in [6.07, 6.45) is 1.73. The number of nitrogens with zero attached hydrogens (tertiary/aromatic N) is 4. The SMILES string of the molecule is C/C(=N/O)c1nc2c(N)cccn2n1. The highest BCUT2D eigenvalue weighted by molar-refractivity contribution is 5.95. The third kappa shape index (κ3) is 1.17. The number of hydrogen-bond donors (Lipinski definition) is 2. The average molecular weight is 191 g/mol. The van der Waals surface area contributed by atoms with Gasteiger partial charge in [0.2, 0.25) is 0 Å². The number of nitrogen functional groups attached to an aromatic ring is 1. The van der Waals surface area contributed by atoms with E-state index in [2.05, 4.69) is 15.2 Å². The molecule has 0 fully saturated rings. The van der Waals surface area contributed by atoms with E-state index < -0.39 is 0 Å². The molecular weight excluding hydrogens is 182 g/mol. The Labute approximate surface area is 79.7 Å². The summed E-state index contributed by atoms with van der Waals surface area (Å²) in [5.74, 6) is 0.366. The number of anilines is 1. The lowest BCUT2D eigenvalue weighted by atomic mass is 10.4. The zero-order chi connectivity index (χ0) is 10.1. The summed E-state index contributed by atoms with van der Waals surface area (Å²) in [5, 5.41) is 15.7. The Balaban J connectivity index is 2.68. The van der Waals surface area contributed by atoms with Gasteiger partial charge in [-0.2, -0.15) is 0 Å². The van der Waals surface area contributed by atoms with Crippen molar-refractivity contribution in [3.05, 3.63) is 24.2 Å². The molecule has 0 aliphatic carbocycles. The maximum Gasteiger partial charge on any atom is 0.199 e. The zero-order valence-electron chi connectivity index (χ0n) is 7.55. The third-order valence-corrected chi connectivity index (χ3v) is 1.87. The molecule has 0 bridgehead atoms. The first-order valence-electron chi connectivity index (χ1n) is 4.02. The van der Waals surface area contributed by atoms with Crippen molar-refractivity contribution in [2.45, 2.75) is 6.92 Å². The van der Waals surface area contributed by atoms with Crippen molar-refractivity contribution in [2.24, 2.45) is 5.16 Å². The Hall–Kier alpha value is -2.11. The summed E-state index contributed by atoms with van der Waals surface area (Å²) in [6, 6.07) is 3.51. The number of aromatic nitrogens is 3. The molecule has 2 aromatic heterocycles. The highest BCUT2D eigenvalue weighted by Gasteiger charge is 2.08. The monoisotopic (exact) mass is 191 g/mol. The van der Waals surface area contributed by atoms with Gasteiger partial charge >= 0.3 is 0 Å². The second-order valence-electron chi connectivity index (χ2n) is 2.85. The normalized spacial score (nSPS) is 12.2. The van der Waals surface area contributed by atoms with Gasteiger partial charge in [0.15, 0.2) is 11.5 Å². The van der Waals surface area contributed by atoms with Crippen LogP contribution in [0.2, 0.25) is 0 Å². The fraction of sp³-hybridized carbons (Fsp3) is 0.125. The second-order valence-corrected chi connectivity index (χ2v) is 2.85. The predicted octanol–water partition coefficient (Wildman–Crippen LogP) is 0.510. The molecule has 2 heterocycles. The number of pyridine rings is 1. The van der Waals surface area contributed by atoms with E-state index in [0.717, 1.165) is 0 Å². The van der Waals surface area contributed by atoms with E-state index in [1.807, 2.05) is 0 Å². The number of oxime groups is 1. The van der Waals surface area contributed by atoms with Crippen LogP contribution in [0.4, 0.5) is 5.69 Å². The van der Waals surface area contributed by atoms with Crippen molar-refractivity contribution in [3.63, 3.8) is 0 Å². The van der Waals surface area contributed by atoms with E-state index in [9.17, 15) is 0 Å². The quantitative estimate of drug-likeness (QED) is 0.390. The third-order valence-electron chi connectivity index (χ3n) is 1.87. The molecule has 0 amide bonds. The molecule has 0 saturated heterocycles. The van der Waals surface area contributed by atoms with Crippen LogP contribution in [0.5, 0.6) is 0 Å². The minimum absolute atomic E-state index is 0.355. The Bertz CT molecular complexity index is 501. The first-order chi connectivity index (χ1) is 6.72. The zero-order valence-corrected chi connectivity index (χ0v) is 7.55. The number of nitrogens with two attached hydrogens (primary N) is 1. The topological polar surface area (TPSA) is 88.8 Å². The molecule has 0 spiro atoms. The lowest BCUT2D eigenvalue weighted by Gasteiger charge is -1.92. The van der Waals surface area contributed by atoms with E-state index in [0.29, 0.717) is 22.9 Å². The van der Waals surface area contributed by atoms with Gasteiger partial charge in [-0.3, -0.25) is 0 Å². The maximum absolute atomic E-state index is 8.55. The average Bonchev–Trinajstić information content (AvgIpc) is 2.62. The van der Waals surface area contributed by atoms with Gasteiger partial charge < -0.3 is 10.9 Å². The van der Waals surface area contributed by atoms with Gasteiger partial charge in [-0.1, -0.05) is 5.16 Å². The molecule has 2 rings (SSSR count). The molecule has 0 saturated carbocycles. The van der Waals surface area contributed by atoms with Gasteiger partial charge in [-0.25, -0.2) is 9.50 Å². The fourth-order valence-electron chi connectivity index (χ4n) is 1.12. The molecule has 0 unspecified atom stereocenters. The van der Waals surface area contributed by atoms with Crippen LogP contribution in [0, 0.1) is 0 Å². The van der Waals surface area contributed by atoms with Crippen LogP contribution in [0.1, 0.15) is 12.7 Å². The van der Waals surface area contributed by atoms with Crippen LogP contribution in [0.15, 0.2) is 23.5 Å².